The minimum absolute atomic E-state index is 0.312. The molecule has 92 valence electrons. The summed E-state index contributed by atoms with van der Waals surface area (Å²) in [6, 6.07) is 0. The third-order valence-electron chi connectivity index (χ3n) is 2.92. The molecular formula is C12H28N2O. The van der Waals surface area contributed by atoms with Crippen molar-refractivity contribution in [3.05, 3.63) is 0 Å². The first-order valence-electron chi connectivity index (χ1n) is 6.33. The predicted octanol–water partition coefficient (Wildman–Crippen LogP) is 1.42. The molecule has 0 aliphatic heterocycles. The molecule has 0 unspecified atom stereocenters. The Kier molecular flexibility index (Phi) is 10.3. The van der Waals surface area contributed by atoms with Crippen molar-refractivity contribution in [1.82, 2.24) is 9.80 Å². The molecule has 0 rings (SSSR count). The Morgan fingerprint density at radius 2 is 1.20 bits per heavy atom. The third kappa shape index (κ3) is 7.77. The monoisotopic (exact) mass is 216 g/mol. The van der Waals surface area contributed by atoms with Crippen molar-refractivity contribution in [2.75, 3.05) is 45.9 Å². The highest BCUT2D eigenvalue weighted by atomic mass is 16.3. The number of nitrogens with zero attached hydrogens (tertiary/aromatic N) is 2. The van der Waals surface area contributed by atoms with Gasteiger partial charge in [0, 0.05) is 13.2 Å². The zero-order chi connectivity index (χ0) is 11.5. The Hall–Kier alpha value is -0.120. The van der Waals surface area contributed by atoms with E-state index in [-0.39, 0.29) is 0 Å². The number of rotatable bonds is 10. The van der Waals surface area contributed by atoms with Gasteiger partial charge in [0.1, 0.15) is 0 Å². The van der Waals surface area contributed by atoms with E-state index in [1.54, 1.807) is 0 Å². The molecule has 0 atom stereocenters. The van der Waals surface area contributed by atoms with Gasteiger partial charge in [0.15, 0.2) is 0 Å². The third-order valence-corrected chi connectivity index (χ3v) is 2.92. The van der Waals surface area contributed by atoms with Gasteiger partial charge >= 0.3 is 0 Å². The Morgan fingerprint density at radius 1 is 0.733 bits per heavy atom. The summed E-state index contributed by atoms with van der Waals surface area (Å²) in [6.07, 6.45) is 2.14. The van der Waals surface area contributed by atoms with E-state index in [2.05, 4.69) is 30.6 Å². The van der Waals surface area contributed by atoms with Crippen LogP contribution in [0.2, 0.25) is 0 Å². The summed E-state index contributed by atoms with van der Waals surface area (Å²) >= 11 is 0. The maximum Gasteiger partial charge on any atom is 0.0443 e. The lowest BCUT2D eigenvalue weighted by molar-refractivity contribution is 0.215. The van der Waals surface area contributed by atoms with Gasteiger partial charge in [-0.3, -0.25) is 0 Å². The molecule has 1 N–H and O–H groups in total. The van der Waals surface area contributed by atoms with E-state index in [9.17, 15) is 0 Å². The van der Waals surface area contributed by atoms with E-state index in [1.807, 2.05) is 0 Å². The van der Waals surface area contributed by atoms with Crippen molar-refractivity contribution in [1.29, 1.82) is 0 Å². The van der Waals surface area contributed by atoms with Crippen LogP contribution in [-0.2, 0) is 0 Å². The quantitative estimate of drug-likeness (QED) is 0.598. The van der Waals surface area contributed by atoms with Gasteiger partial charge in [-0.1, -0.05) is 20.8 Å². The molecule has 0 spiro atoms. The summed E-state index contributed by atoms with van der Waals surface area (Å²) in [5.74, 6) is 0. The van der Waals surface area contributed by atoms with Crippen molar-refractivity contribution < 1.29 is 5.11 Å². The summed E-state index contributed by atoms with van der Waals surface area (Å²) in [4.78, 5) is 4.87. The van der Waals surface area contributed by atoms with Gasteiger partial charge in [0.2, 0.25) is 0 Å². The van der Waals surface area contributed by atoms with Crippen LogP contribution in [0.4, 0.5) is 0 Å². The number of aliphatic hydroxyl groups is 1. The fourth-order valence-electron chi connectivity index (χ4n) is 1.78. The van der Waals surface area contributed by atoms with Crippen LogP contribution in [-0.4, -0.2) is 60.8 Å². The summed E-state index contributed by atoms with van der Waals surface area (Å²) in [6.45, 7) is 13.7. The van der Waals surface area contributed by atoms with E-state index in [0.717, 1.165) is 39.1 Å². The largest absolute Gasteiger partial charge is 0.396 e. The zero-order valence-corrected chi connectivity index (χ0v) is 10.7. The normalized spacial score (nSPS) is 11.6. The number of hydrogen-bond donors (Lipinski definition) is 1. The highest BCUT2D eigenvalue weighted by Crippen LogP contribution is 1.96. The molecule has 3 nitrogen and oxygen atoms in total. The van der Waals surface area contributed by atoms with Gasteiger partial charge in [-0.05, 0) is 45.6 Å². The fraction of sp³-hybridized carbons (Fsp3) is 1.00. The standard InChI is InChI=1S/C12H28N2O/c1-4-13(5-2)9-7-10-14(6-3)11-8-12-15/h15H,4-12H2,1-3H3. The van der Waals surface area contributed by atoms with Crippen LogP contribution in [0.25, 0.3) is 0 Å². The lowest BCUT2D eigenvalue weighted by atomic mass is 10.3. The van der Waals surface area contributed by atoms with E-state index in [1.165, 1.54) is 13.0 Å². The first-order valence-corrected chi connectivity index (χ1v) is 6.33. The van der Waals surface area contributed by atoms with Gasteiger partial charge < -0.3 is 14.9 Å². The molecular weight excluding hydrogens is 188 g/mol. The molecule has 15 heavy (non-hydrogen) atoms. The molecule has 0 amide bonds. The lowest BCUT2D eigenvalue weighted by Gasteiger charge is -2.23. The Labute approximate surface area is 95.1 Å². The van der Waals surface area contributed by atoms with E-state index >= 15 is 0 Å². The molecule has 0 heterocycles. The smallest absolute Gasteiger partial charge is 0.0443 e. The summed E-state index contributed by atoms with van der Waals surface area (Å²) < 4.78 is 0. The molecule has 0 saturated heterocycles. The Bertz CT molecular complexity index is 127. The maximum atomic E-state index is 8.77. The van der Waals surface area contributed by atoms with Crippen LogP contribution in [0.1, 0.15) is 33.6 Å². The average Bonchev–Trinajstić information content (AvgIpc) is 2.28. The Balaban J connectivity index is 3.52. The highest BCUT2D eigenvalue weighted by Gasteiger charge is 2.03. The Morgan fingerprint density at radius 3 is 1.67 bits per heavy atom. The molecule has 0 radical (unpaired) electrons. The number of aliphatic hydroxyl groups excluding tert-OH is 1. The molecule has 0 aromatic rings. The molecule has 0 fully saturated rings. The second-order valence-electron chi connectivity index (χ2n) is 3.89. The first kappa shape index (κ1) is 14.9. The van der Waals surface area contributed by atoms with Crippen LogP contribution in [0, 0.1) is 0 Å². The summed E-state index contributed by atoms with van der Waals surface area (Å²) in [5, 5.41) is 8.77. The van der Waals surface area contributed by atoms with Gasteiger partial charge in [0.05, 0.1) is 0 Å². The number of hydrogen-bond acceptors (Lipinski definition) is 3. The molecule has 0 saturated carbocycles. The molecule has 0 aromatic carbocycles. The van der Waals surface area contributed by atoms with Crippen molar-refractivity contribution in [3.63, 3.8) is 0 Å². The molecule has 0 aliphatic rings. The van der Waals surface area contributed by atoms with Crippen LogP contribution in [0.3, 0.4) is 0 Å². The SMILES string of the molecule is CCN(CC)CCCN(CC)CCCO. The van der Waals surface area contributed by atoms with Crippen molar-refractivity contribution in [2.24, 2.45) is 0 Å². The van der Waals surface area contributed by atoms with Crippen molar-refractivity contribution in [2.45, 2.75) is 33.6 Å². The molecule has 0 aliphatic carbocycles. The van der Waals surface area contributed by atoms with Gasteiger partial charge in [-0.2, -0.15) is 0 Å². The van der Waals surface area contributed by atoms with Crippen LogP contribution in [0.5, 0.6) is 0 Å². The molecule has 0 aromatic heterocycles. The average molecular weight is 216 g/mol. The maximum absolute atomic E-state index is 8.77. The molecule has 0 bridgehead atoms. The van der Waals surface area contributed by atoms with Gasteiger partial charge in [-0.25, -0.2) is 0 Å². The van der Waals surface area contributed by atoms with Gasteiger partial charge in [-0.15, -0.1) is 0 Å². The first-order chi connectivity index (χ1) is 7.28. The minimum atomic E-state index is 0.312. The van der Waals surface area contributed by atoms with Gasteiger partial charge in [0.25, 0.3) is 0 Å². The lowest BCUT2D eigenvalue weighted by Crippen LogP contribution is -2.30. The van der Waals surface area contributed by atoms with Crippen molar-refractivity contribution >= 4 is 0 Å². The summed E-state index contributed by atoms with van der Waals surface area (Å²) in [7, 11) is 0. The summed E-state index contributed by atoms with van der Waals surface area (Å²) in [5.41, 5.74) is 0. The zero-order valence-electron chi connectivity index (χ0n) is 10.7. The van der Waals surface area contributed by atoms with Crippen LogP contribution in [0.15, 0.2) is 0 Å². The van der Waals surface area contributed by atoms with E-state index in [0.29, 0.717) is 6.61 Å². The van der Waals surface area contributed by atoms with Crippen LogP contribution >= 0.6 is 0 Å². The van der Waals surface area contributed by atoms with E-state index < -0.39 is 0 Å². The second kappa shape index (κ2) is 10.4. The van der Waals surface area contributed by atoms with Crippen molar-refractivity contribution in [3.8, 4) is 0 Å². The highest BCUT2D eigenvalue weighted by molar-refractivity contribution is 4.59. The topological polar surface area (TPSA) is 26.7 Å². The predicted molar refractivity (Wildman–Crippen MR) is 66.2 cm³/mol. The van der Waals surface area contributed by atoms with Crippen LogP contribution < -0.4 is 0 Å². The fourth-order valence-corrected chi connectivity index (χ4v) is 1.78. The second-order valence-corrected chi connectivity index (χ2v) is 3.89. The molecule has 3 heteroatoms. The minimum Gasteiger partial charge on any atom is -0.396 e. The van der Waals surface area contributed by atoms with E-state index in [4.69, 9.17) is 5.11 Å².